The number of rotatable bonds is 4. The van der Waals surface area contributed by atoms with Gasteiger partial charge < -0.3 is 10.4 Å². The number of fused-ring (bicyclic) bond motifs is 4. The van der Waals surface area contributed by atoms with Crippen molar-refractivity contribution < 1.29 is 5.11 Å². The van der Waals surface area contributed by atoms with Gasteiger partial charge in [0.2, 0.25) is 5.95 Å². The van der Waals surface area contributed by atoms with Crippen LogP contribution in [0.3, 0.4) is 0 Å². The van der Waals surface area contributed by atoms with Gasteiger partial charge >= 0.3 is 0 Å². The van der Waals surface area contributed by atoms with Crippen molar-refractivity contribution in [1.82, 2.24) is 9.97 Å². The maximum absolute atomic E-state index is 13.0. The molecule has 0 bridgehead atoms. The molecule has 1 heterocycles. The molecule has 2 aromatic rings. The van der Waals surface area contributed by atoms with Crippen molar-refractivity contribution in [2.24, 2.45) is 0 Å². The van der Waals surface area contributed by atoms with Crippen LogP contribution in [0.5, 0.6) is 0 Å². The molecule has 1 aromatic heterocycles. The standard InChI is InChI=1S/C20H25N3O2/c24-12-6-11-21-19-22-17-15-8-3-2-7-14(15)13-20(9-4-1-5-10-20)16(17)18(25)23-19/h2-3,7-8,24H,1,4-6,9-13H2,(H2,21,22,23,25). The fourth-order valence-electron chi connectivity index (χ4n) is 4.54. The first kappa shape index (κ1) is 16.3. The van der Waals surface area contributed by atoms with Crippen LogP contribution in [0.2, 0.25) is 0 Å². The Hall–Kier alpha value is -2.14. The van der Waals surface area contributed by atoms with E-state index in [-0.39, 0.29) is 17.6 Å². The molecule has 0 aliphatic heterocycles. The first-order chi connectivity index (χ1) is 12.2. The van der Waals surface area contributed by atoms with Gasteiger partial charge in [0.05, 0.1) is 11.3 Å². The molecule has 5 heteroatoms. The Morgan fingerprint density at radius 3 is 2.80 bits per heavy atom. The highest BCUT2D eigenvalue weighted by atomic mass is 16.3. The molecule has 25 heavy (non-hydrogen) atoms. The number of nitrogens with one attached hydrogen (secondary N) is 2. The van der Waals surface area contributed by atoms with E-state index in [0.29, 0.717) is 18.9 Å². The fraction of sp³-hybridized carbons (Fsp3) is 0.500. The second-order valence-electron chi connectivity index (χ2n) is 7.32. The van der Waals surface area contributed by atoms with Gasteiger partial charge in [-0.25, -0.2) is 4.98 Å². The van der Waals surface area contributed by atoms with Gasteiger partial charge in [-0.1, -0.05) is 43.5 Å². The molecule has 1 spiro atoms. The minimum absolute atomic E-state index is 0.00657. The third-order valence-corrected chi connectivity index (χ3v) is 5.69. The van der Waals surface area contributed by atoms with Crippen LogP contribution in [0.15, 0.2) is 29.1 Å². The highest BCUT2D eigenvalue weighted by Crippen LogP contribution is 2.48. The fourth-order valence-corrected chi connectivity index (χ4v) is 4.54. The van der Waals surface area contributed by atoms with Gasteiger partial charge in [-0.2, -0.15) is 0 Å². The van der Waals surface area contributed by atoms with Gasteiger partial charge in [0.15, 0.2) is 0 Å². The van der Waals surface area contributed by atoms with Crippen molar-refractivity contribution in [2.75, 3.05) is 18.5 Å². The number of anilines is 1. The molecule has 3 N–H and O–H groups in total. The summed E-state index contributed by atoms with van der Waals surface area (Å²) < 4.78 is 0. The van der Waals surface area contributed by atoms with Gasteiger partial charge in [0.25, 0.3) is 5.56 Å². The molecule has 4 rings (SSSR count). The van der Waals surface area contributed by atoms with Crippen LogP contribution in [0, 0.1) is 0 Å². The van der Waals surface area contributed by atoms with Crippen LogP contribution in [0.1, 0.15) is 49.7 Å². The molecular formula is C20H25N3O2. The summed E-state index contributed by atoms with van der Waals surface area (Å²) in [6.45, 7) is 0.707. The predicted molar refractivity (Wildman–Crippen MR) is 99.0 cm³/mol. The molecule has 1 aromatic carbocycles. The van der Waals surface area contributed by atoms with Crippen LogP contribution in [-0.2, 0) is 11.8 Å². The predicted octanol–water partition coefficient (Wildman–Crippen LogP) is 2.99. The van der Waals surface area contributed by atoms with Crippen molar-refractivity contribution in [3.63, 3.8) is 0 Å². The lowest BCUT2D eigenvalue weighted by molar-refractivity contribution is 0.285. The summed E-state index contributed by atoms with van der Waals surface area (Å²) in [5.74, 6) is 0.500. The molecule has 0 amide bonds. The minimum Gasteiger partial charge on any atom is -0.396 e. The van der Waals surface area contributed by atoms with Crippen molar-refractivity contribution in [2.45, 2.75) is 50.4 Å². The van der Waals surface area contributed by atoms with Crippen LogP contribution < -0.4 is 10.9 Å². The van der Waals surface area contributed by atoms with Crippen molar-refractivity contribution in [3.05, 3.63) is 45.7 Å². The summed E-state index contributed by atoms with van der Waals surface area (Å²) in [6.07, 6.45) is 7.31. The van der Waals surface area contributed by atoms with E-state index >= 15 is 0 Å². The minimum atomic E-state index is -0.0633. The van der Waals surface area contributed by atoms with Gasteiger partial charge in [-0.15, -0.1) is 0 Å². The van der Waals surface area contributed by atoms with Gasteiger partial charge in [0, 0.05) is 24.1 Å². The largest absolute Gasteiger partial charge is 0.396 e. The number of hydrogen-bond donors (Lipinski definition) is 3. The zero-order valence-electron chi connectivity index (χ0n) is 14.5. The Morgan fingerprint density at radius 2 is 2.00 bits per heavy atom. The van der Waals surface area contributed by atoms with E-state index in [1.807, 2.05) is 6.07 Å². The quantitative estimate of drug-likeness (QED) is 0.748. The smallest absolute Gasteiger partial charge is 0.256 e. The highest BCUT2D eigenvalue weighted by Gasteiger charge is 2.42. The molecule has 1 saturated carbocycles. The molecule has 0 saturated heterocycles. The van der Waals surface area contributed by atoms with E-state index in [1.54, 1.807) is 0 Å². The van der Waals surface area contributed by atoms with Crippen LogP contribution in [0.25, 0.3) is 11.3 Å². The van der Waals surface area contributed by atoms with Crippen molar-refractivity contribution in [1.29, 1.82) is 0 Å². The second-order valence-corrected chi connectivity index (χ2v) is 7.32. The Morgan fingerprint density at radius 1 is 1.20 bits per heavy atom. The Labute approximate surface area is 147 Å². The van der Waals surface area contributed by atoms with Gasteiger partial charge in [-0.3, -0.25) is 9.78 Å². The lowest BCUT2D eigenvalue weighted by Crippen LogP contribution is -2.41. The molecule has 2 aliphatic carbocycles. The molecular weight excluding hydrogens is 314 g/mol. The number of aliphatic hydroxyl groups excluding tert-OH is 1. The van der Waals surface area contributed by atoms with Crippen molar-refractivity contribution in [3.8, 4) is 11.3 Å². The van der Waals surface area contributed by atoms with Gasteiger partial charge in [0.1, 0.15) is 0 Å². The summed E-state index contributed by atoms with van der Waals surface area (Å²) in [6, 6.07) is 8.35. The Bertz CT molecular complexity index is 822. The van der Waals surface area contributed by atoms with E-state index in [4.69, 9.17) is 10.1 Å². The molecule has 2 aliphatic rings. The normalized spacial score (nSPS) is 17.8. The molecule has 132 valence electrons. The van der Waals surface area contributed by atoms with Crippen LogP contribution >= 0.6 is 0 Å². The average molecular weight is 339 g/mol. The van der Waals surface area contributed by atoms with E-state index < -0.39 is 0 Å². The highest BCUT2D eigenvalue weighted by molar-refractivity contribution is 5.72. The van der Waals surface area contributed by atoms with E-state index in [2.05, 4.69) is 28.5 Å². The van der Waals surface area contributed by atoms with E-state index in [9.17, 15) is 4.79 Å². The summed E-state index contributed by atoms with van der Waals surface area (Å²) >= 11 is 0. The lowest BCUT2D eigenvalue weighted by Gasteiger charge is -2.41. The first-order valence-corrected chi connectivity index (χ1v) is 9.31. The molecule has 1 fully saturated rings. The Balaban J connectivity index is 1.85. The molecule has 5 nitrogen and oxygen atoms in total. The number of benzene rings is 1. The number of aliphatic hydroxyl groups is 1. The van der Waals surface area contributed by atoms with Gasteiger partial charge in [-0.05, 0) is 31.2 Å². The van der Waals surface area contributed by atoms with Crippen LogP contribution in [-0.4, -0.2) is 28.2 Å². The third-order valence-electron chi connectivity index (χ3n) is 5.69. The number of aromatic amines is 1. The second kappa shape index (κ2) is 6.64. The monoisotopic (exact) mass is 339 g/mol. The number of hydrogen-bond acceptors (Lipinski definition) is 4. The average Bonchev–Trinajstić information content (AvgIpc) is 2.62. The zero-order chi connectivity index (χ0) is 17.3. The summed E-state index contributed by atoms with van der Waals surface area (Å²) in [7, 11) is 0. The zero-order valence-corrected chi connectivity index (χ0v) is 14.5. The third kappa shape index (κ3) is 2.86. The SMILES string of the molecule is O=c1[nH]c(NCCCO)nc2c1C1(CCCCC1)Cc1ccccc1-2. The van der Waals surface area contributed by atoms with Crippen LogP contribution in [0.4, 0.5) is 5.95 Å². The first-order valence-electron chi connectivity index (χ1n) is 9.31. The number of H-pyrrole nitrogens is 1. The number of nitrogens with zero attached hydrogens (tertiary/aromatic N) is 1. The maximum atomic E-state index is 13.0. The topological polar surface area (TPSA) is 78.0 Å². The van der Waals surface area contributed by atoms with E-state index in [0.717, 1.165) is 36.1 Å². The molecule has 0 radical (unpaired) electrons. The number of aromatic nitrogens is 2. The summed E-state index contributed by atoms with van der Waals surface area (Å²) in [4.78, 5) is 20.7. The summed E-state index contributed by atoms with van der Waals surface area (Å²) in [5, 5.41) is 12.1. The Kier molecular flexibility index (Phi) is 4.34. The lowest BCUT2D eigenvalue weighted by atomic mass is 9.62. The van der Waals surface area contributed by atoms with E-state index in [1.165, 1.54) is 24.8 Å². The van der Waals surface area contributed by atoms with Crippen molar-refractivity contribution >= 4 is 5.95 Å². The molecule has 0 unspecified atom stereocenters. The summed E-state index contributed by atoms with van der Waals surface area (Å²) in [5.41, 5.74) is 4.05. The maximum Gasteiger partial charge on any atom is 0.256 e. The molecule has 0 atom stereocenters.